The molecule has 24 heavy (non-hydrogen) atoms. The Morgan fingerprint density at radius 2 is 1.58 bits per heavy atom. The number of hydrogen-bond acceptors (Lipinski definition) is 5. The van der Waals surface area contributed by atoms with Crippen molar-refractivity contribution in [3.05, 3.63) is 24.3 Å². The highest BCUT2D eigenvalue weighted by Crippen LogP contribution is 2.17. The minimum atomic E-state index is -4.04. The summed E-state index contributed by atoms with van der Waals surface area (Å²) in [5.74, 6) is -1.26. The molecule has 0 fully saturated rings. The number of hydrogen-bond donors (Lipinski definition) is 2. The van der Waals surface area contributed by atoms with Gasteiger partial charge in [-0.15, -0.1) is 0 Å². The molecule has 2 N–H and O–H groups in total. The van der Waals surface area contributed by atoms with Crippen molar-refractivity contribution in [1.82, 2.24) is 4.72 Å². The fourth-order valence-corrected chi connectivity index (χ4v) is 4.66. The number of carboxylic acids is 1. The summed E-state index contributed by atoms with van der Waals surface area (Å²) in [6.07, 6.45) is 1.97. The van der Waals surface area contributed by atoms with Crippen molar-refractivity contribution in [2.45, 2.75) is 55.4 Å². The molecule has 0 aliphatic rings. The quantitative estimate of drug-likeness (QED) is 0.642. The molecule has 0 saturated heterocycles. The van der Waals surface area contributed by atoms with Crippen molar-refractivity contribution in [1.29, 1.82) is 0 Å². The van der Waals surface area contributed by atoms with Crippen molar-refractivity contribution in [2.75, 3.05) is 5.75 Å². The highest BCUT2D eigenvalue weighted by molar-refractivity contribution is 7.91. The van der Waals surface area contributed by atoms with E-state index in [0.717, 1.165) is 6.42 Å². The molecule has 1 aromatic carbocycles. The molecule has 0 aromatic heterocycles. The van der Waals surface area contributed by atoms with Crippen LogP contribution in [-0.2, 0) is 24.7 Å². The fraction of sp³-hybridized carbons (Fsp3) is 0.533. The van der Waals surface area contributed by atoms with Gasteiger partial charge in [-0.25, -0.2) is 16.8 Å². The molecule has 1 aromatic rings. The second-order valence-corrected chi connectivity index (χ2v) is 9.27. The van der Waals surface area contributed by atoms with E-state index < -0.39 is 31.9 Å². The van der Waals surface area contributed by atoms with E-state index in [9.17, 15) is 21.6 Å². The Morgan fingerprint density at radius 3 is 2.04 bits per heavy atom. The average Bonchev–Trinajstić information content (AvgIpc) is 2.51. The number of unbranched alkanes of at least 4 members (excludes halogenated alkanes) is 1. The Hall–Kier alpha value is -1.45. The number of carboxylic acid groups (broad SMARTS) is 1. The molecule has 9 heteroatoms. The van der Waals surface area contributed by atoms with Crippen LogP contribution in [0.1, 0.15) is 39.5 Å². The van der Waals surface area contributed by atoms with Crippen molar-refractivity contribution >= 4 is 25.8 Å². The van der Waals surface area contributed by atoms with Gasteiger partial charge in [0.2, 0.25) is 10.0 Å². The van der Waals surface area contributed by atoms with Gasteiger partial charge >= 0.3 is 5.97 Å². The van der Waals surface area contributed by atoms with Crippen LogP contribution >= 0.6 is 0 Å². The summed E-state index contributed by atoms with van der Waals surface area (Å²) < 4.78 is 50.6. The normalized spacial score (nSPS) is 13.6. The summed E-state index contributed by atoms with van der Waals surface area (Å²) in [5.41, 5.74) is 0. The Labute approximate surface area is 143 Å². The summed E-state index contributed by atoms with van der Waals surface area (Å²) >= 11 is 0. The third-order valence-corrected chi connectivity index (χ3v) is 6.83. The molecule has 0 saturated carbocycles. The van der Waals surface area contributed by atoms with Crippen LogP contribution in [0.5, 0.6) is 0 Å². The van der Waals surface area contributed by atoms with Crippen LogP contribution in [0.15, 0.2) is 34.1 Å². The molecule has 0 amide bonds. The monoisotopic (exact) mass is 377 g/mol. The maximum Gasteiger partial charge on any atom is 0.321 e. The maximum absolute atomic E-state index is 12.3. The molecule has 136 valence electrons. The summed E-state index contributed by atoms with van der Waals surface area (Å²) in [5, 5.41) is 9.11. The molecule has 0 aliphatic heterocycles. The first kappa shape index (κ1) is 20.6. The summed E-state index contributed by atoms with van der Waals surface area (Å²) in [4.78, 5) is 11.0. The molecule has 7 nitrogen and oxygen atoms in total. The van der Waals surface area contributed by atoms with Gasteiger partial charge in [0.15, 0.2) is 9.84 Å². The molecule has 0 bridgehead atoms. The predicted octanol–water partition coefficient (Wildman–Crippen LogP) is 1.79. The lowest BCUT2D eigenvalue weighted by molar-refractivity contribution is -0.139. The Morgan fingerprint density at radius 1 is 1.04 bits per heavy atom. The zero-order valence-corrected chi connectivity index (χ0v) is 15.4. The fourth-order valence-electron chi connectivity index (χ4n) is 2.11. The van der Waals surface area contributed by atoms with Gasteiger partial charge in [0.1, 0.15) is 6.04 Å². The van der Waals surface area contributed by atoms with Crippen LogP contribution in [0.2, 0.25) is 0 Å². The van der Waals surface area contributed by atoms with Gasteiger partial charge in [-0.3, -0.25) is 4.79 Å². The van der Waals surface area contributed by atoms with Crippen LogP contribution < -0.4 is 4.72 Å². The van der Waals surface area contributed by atoms with E-state index in [-0.39, 0.29) is 22.0 Å². The Bertz CT molecular complexity index is 754. The van der Waals surface area contributed by atoms with E-state index in [2.05, 4.69) is 4.72 Å². The molecule has 0 radical (unpaired) electrons. The topological polar surface area (TPSA) is 118 Å². The van der Waals surface area contributed by atoms with Gasteiger partial charge in [-0.05, 0) is 37.1 Å². The van der Waals surface area contributed by atoms with Gasteiger partial charge in [0.05, 0.1) is 15.5 Å². The number of benzene rings is 1. The van der Waals surface area contributed by atoms with E-state index in [0.29, 0.717) is 12.8 Å². The second kappa shape index (κ2) is 8.59. The molecule has 1 atom stereocenters. The van der Waals surface area contributed by atoms with Crippen LogP contribution in [0.3, 0.4) is 0 Å². The van der Waals surface area contributed by atoms with Crippen molar-refractivity contribution in [3.63, 3.8) is 0 Å². The van der Waals surface area contributed by atoms with Crippen LogP contribution in [0.4, 0.5) is 0 Å². The number of sulfone groups is 1. The van der Waals surface area contributed by atoms with Crippen LogP contribution in [0, 0.1) is 0 Å². The minimum Gasteiger partial charge on any atom is -0.480 e. The highest BCUT2D eigenvalue weighted by atomic mass is 32.2. The van der Waals surface area contributed by atoms with Gasteiger partial charge < -0.3 is 5.11 Å². The van der Waals surface area contributed by atoms with Gasteiger partial charge in [0.25, 0.3) is 0 Å². The summed E-state index contributed by atoms with van der Waals surface area (Å²) in [6, 6.07) is 3.58. The molecular weight excluding hydrogens is 354 g/mol. The lowest BCUT2D eigenvalue weighted by Crippen LogP contribution is -2.40. The van der Waals surface area contributed by atoms with Gasteiger partial charge in [0, 0.05) is 0 Å². The molecule has 0 aliphatic carbocycles. The van der Waals surface area contributed by atoms with E-state index in [1.54, 1.807) is 6.92 Å². The SMILES string of the molecule is CCCCC(NS(=O)(=O)c1ccc(S(=O)(=O)CCC)cc1)C(=O)O. The lowest BCUT2D eigenvalue weighted by atomic mass is 10.1. The van der Waals surface area contributed by atoms with E-state index in [4.69, 9.17) is 5.11 Å². The third kappa shape index (κ3) is 5.57. The average molecular weight is 377 g/mol. The number of aliphatic carboxylic acids is 1. The second-order valence-electron chi connectivity index (χ2n) is 5.44. The Kier molecular flexibility index (Phi) is 7.37. The van der Waals surface area contributed by atoms with Gasteiger partial charge in [-0.1, -0.05) is 26.7 Å². The molecule has 0 spiro atoms. The zero-order valence-electron chi connectivity index (χ0n) is 13.7. The van der Waals surface area contributed by atoms with E-state index in [1.165, 1.54) is 24.3 Å². The van der Waals surface area contributed by atoms with Gasteiger partial charge in [-0.2, -0.15) is 4.72 Å². The van der Waals surface area contributed by atoms with Crippen molar-refractivity contribution < 1.29 is 26.7 Å². The van der Waals surface area contributed by atoms with E-state index >= 15 is 0 Å². The molecule has 0 heterocycles. The maximum atomic E-state index is 12.3. The number of sulfonamides is 1. The molecule has 1 unspecified atom stereocenters. The first-order valence-corrected chi connectivity index (χ1v) is 10.9. The Balaban J connectivity index is 3.01. The largest absolute Gasteiger partial charge is 0.480 e. The third-order valence-electron chi connectivity index (χ3n) is 3.41. The molecule has 1 rings (SSSR count). The number of rotatable bonds is 10. The predicted molar refractivity (Wildman–Crippen MR) is 90.1 cm³/mol. The number of carbonyl (C=O) groups is 1. The van der Waals surface area contributed by atoms with Crippen LogP contribution in [0.25, 0.3) is 0 Å². The van der Waals surface area contributed by atoms with E-state index in [1.807, 2.05) is 6.92 Å². The van der Waals surface area contributed by atoms with Crippen molar-refractivity contribution in [2.24, 2.45) is 0 Å². The smallest absolute Gasteiger partial charge is 0.321 e. The van der Waals surface area contributed by atoms with Crippen LogP contribution in [-0.4, -0.2) is 39.7 Å². The highest BCUT2D eigenvalue weighted by Gasteiger charge is 2.25. The first-order valence-electron chi connectivity index (χ1n) is 7.72. The number of nitrogens with one attached hydrogen (secondary N) is 1. The first-order chi connectivity index (χ1) is 11.1. The summed E-state index contributed by atoms with van der Waals surface area (Å²) in [7, 11) is -7.47. The minimum absolute atomic E-state index is 0.0184. The molecular formula is C15H23NO6S2. The lowest BCUT2D eigenvalue weighted by Gasteiger charge is -2.14. The van der Waals surface area contributed by atoms with Crippen molar-refractivity contribution in [3.8, 4) is 0 Å². The standard InChI is InChI=1S/C15H23NO6S2/c1-3-5-6-14(15(17)18)16-24(21,22)13-9-7-12(8-10-13)23(19,20)11-4-2/h7-10,14,16H,3-6,11H2,1-2H3,(H,17,18). The summed E-state index contributed by atoms with van der Waals surface area (Å²) in [6.45, 7) is 3.62. The zero-order chi connectivity index (χ0) is 18.4.